The van der Waals surface area contributed by atoms with E-state index in [0.29, 0.717) is 6.54 Å². The van der Waals surface area contributed by atoms with Crippen LogP contribution < -0.4 is 4.72 Å². The molecule has 15 heavy (non-hydrogen) atoms. The molecule has 0 aliphatic carbocycles. The Hall–Kier alpha value is 0.390. The summed E-state index contributed by atoms with van der Waals surface area (Å²) in [4.78, 5) is 0. The molecule has 0 aromatic heterocycles. The van der Waals surface area contributed by atoms with E-state index in [2.05, 4.69) is 20.7 Å². The molecule has 0 aromatic rings. The molecule has 0 heterocycles. The maximum Gasteiger partial charge on any atom is 0.212 e. The zero-order valence-electron chi connectivity index (χ0n) is 10.2. The number of rotatable bonds is 5. The quantitative estimate of drug-likeness (QED) is 0.792. The summed E-state index contributed by atoms with van der Waals surface area (Å²) in [5.41, 5.74) is -0.255. The van der Waals surface area contributed by atoms with Crippen molar-refractivity contribution in [3.8, 4) is 0 Å². The van der Waals surface area contributed by atoms with E-state index in [1.165, 1.54) is 0 Å². The number of halogens is 1. The van der Waals surface area contributed by atoms with Gasteiger partial charge in [-0.15, -0.1) is 0 Å². The highest BCUT2D eigenvalue weighted by Gasteiger charge is 2.24. The van der Waals surface area contributed by atoms with Crippen LogP contribution in [0.15, 0.2) is 0 Å². The first kappa shape index (κ1) is 15.4. The SMILES string of the molecule is CC(C)(C)CS(=O)(=O)NCC(C)(C)CBr. The van der Waals surface area contributed by atoms with Crippen LogP contribution in [-0.2, 0) is 10.0 Å². The molecule has 0 aliphatic rings. The fourth-order valence-corrected chi connectivity index (χ4v) is 3.02. The maximum absolute atomic E-state index is 11.7. The van der Waals surface area contributed by atoms with Crippen molar-refractivity contribution in [2.45, 2.75) is 34.6 Å². The van der Waals surface area contributed by atoms with Gasteiger partial charge in [-0.25, -0.2) is 13.1 Å². The van der Waals surface area contributed by atoms with Crippen LogP contribution >= 0.6 is 15.9 Å². The molecular formula is C10H22BrNO2S. The molecule has 0 amide bonds. The monoisotopic (exact) mass is 299 g/mol. The lowest BCUT2D eigenvalue weighted by Crippen LogP contribution is -2.38. The Morgan fingerprint density at radius 3 is 1.93 bits per heavy atom. The summed E-state index contributed by atoms with van der Waals surface area (Å²) in [7, 11) is -3.15. The normalized spacial score (nSPS) is 14.3. The van der Waals surface area contributed by atoms with E-state index in [0.717, 1.165) is 5.33 Å². The van der Waals surface area contributed by atoms with Gasteiger partial charge in [0.1, 0.15) is 0 Å². The van der Waals surface area contributed by atoms with Crippen LogP contribution in [-0.4, -0.2) is 26.0 Å². The van der Waals surface area contributed by atoms with Gasteiger partial charge in [0.25, 0.3) is 0 Å². The fourth-order valence-electron chi connectivity index (χ4n) is 0.974. The molecule has 0 spiro atoms. The minimum Gasteiger partial charge on any atom is -0.215 e. The van der Waals surface area contributed by atoms with E-state index < -0.39 is 10.0 Å². The number of nitrogens with one attached hydrogen (secondary N) is 1. The molecule has 0 bridgehead atoms. The maximum atomic E-state index is 11.7. The Balaban J connectivity index is 4.30. The van der Waals surface area contributed by atoms with E-state index in [4.69, 9.17) is 0 Å². The van der Waals surface area contributed by atoms with Crippen LogP contribution in [0.25, 0.3) is 0 Å². The lowest BCUT2D eigenvalue weighted by Gasteiger charge is -2.24. The summed E-state index contributed by atoms with van der Waals surface area (Å²) < 4.78 is 26.0. The van der Waals surface area contributed by atoms with Crippen LogP contribution in [0.5, 0.6) is 0 Å². The highest BCUT2D eigenvalue weighted by Crippen LogP contribution is 2.19. The van der Waals surface area contributed by atoms with Crippen LogP contribution in [0.1, 0.15) is 34.6 Å². The Morgan fingerprint density at radius 2 is 1.60 bits per heavy atom. The summed E-state index contributed by atoms with van der Waals surface area (Å²) in [5.74, 6) is 0.165. The molecule has 1 N–H and O–H groups in total. The molecule has 5 heteroatoms. The highest BCUT2D eigenvalue weighted by molar-refractivity contribution is 9.09. The Morgan fingerprint density at radius 1 is 1.13 bits per heavy atom. The summed E-state index contributed by atoms with van der Waals surface area (Å²) in [5, 5.41) is 0.776. The van der Waals surface area contributed by atoms with Crippen molar-refractivity contribution >= 4 is 26.0 Å². The van der Waals surface area contributed by atoms with Crippen molar-refractivity contribution in [3.63, 3.8) is 0 Å². The van der Waals surface area contributed by atoms with Crippen molar-refractivity contribution in [3.05, 3.63) is 0 Å². The van der Waals surface area contributed by atoms with Gasteiger partial charge in [0.05, 0.1) is 5.75 Å². The third-order valence-corrected chi connectivity index (χ3v) is 5.10. The van der Waals surface area contributed by atoms with Gasteiger partial charge in [0, 0.05) is 11.9 Å². The third kappa shape index (κ3) is 8.22. The molecule has 0 unspecified atom stereocenters. The van der Waals surface area contributed by atoms with Crippen LogP contribution in [0, 0.1) is 10.8 Å². The lowest BCUT2D eigenvalue weighted by molar-refractivity contribution is 0.412. The average Bonchev–Trinajstić information content (AvgIpc) is 1.97. The molecule has 0 atom stereocenters. The first-order valence-corrected chi connectivity index (χ1v) is 7.78. The molecule has 0 aliphatic heterocycles. The average molecular weight is 300 g/mol. The standard InChI is InChI=1S/C10H22BrNO2S/c1-9(2,3)8-15(13,14)12-7-10(4,5)6-11/h12H,6-8H2,1-5H3. The largest absolute Gasteiger partial charge is 0.215 e. The zero-order valence-corrected chi connectivity index (χ0v) is 12.6. The second-order valence-corrected chi connectivity index (χ2v) is 8.31. The van der Waals surface area contributed by atoms with Gasteiger partial charge < -0.3 is 0 Å². The molecule has 0 fully saturated rings. The number of hydrogen-bond acceptors (Lipinski definition) is 2. The molecule has 0 rings (SSSR count). The van der Waals surface area contributed by atoms with Gasteiger partial charge in [-0.2, -0.15) is 0 Å². The molecule has 0 saturated heterocycles. The highest BCUT2D eigenvalue weighted by atomic mass is 79.9. The summed E-state index contributed by atoms with van der Waals surface area (Å²) in [6, 6.07) is 0. The number of sulfonamides is 1. The lowest BCUT2D eigenvalue weighted by atomic mass is 9.98. The van der Waals surface area contributed by atoms with Gasteiger partial charge in [-0.1, -0.05) is 50.5 Å². The van der Waals surface area contributed by atoms with Crippen molar-refractivity contribution in [1.82, 2.24) is 4.72 Å². The minimum absolute atomic E-state index is 0.0506. The van der Waals surface area contributed by atoms with Crippen LogP contribution in [0.3, 0.4) is 0 Å². The first-order valence-electron chi connectivity index (χ1n) is 5.01. The fraction of sp³-hybridized carbons (Fsp3) is 1.00. The second kappa shape index (κ2) is 5.15. The Labute approximate surface area is 102 Å². The number of alkyl halides is 1. The predicted molar refractivity (Wildman–Crippen MR) is 68.8 cm³/mol. The van der Waals surface area contributed by atoms with E-state index in [1.807, 2.05) is 34.6 Å². The predicted octanol–water partition coefficient (Wildman–Crippen LogP) is 2.37. The molecular weight excluding hydrogens is 278 g/mol. The third-order valence-electron chi connectivity index (χ3n) is 1.76. The van der Waals surface area contributed by atoms with Gasteiger partial charge in [-0.05, 0) is 10.8 Å². The van der Waals surface area contributed by atoms with E-state index in [9.17, 15) is 8.42 Å². The Bertz CT molecular complexity index is 291. The first-order chi connectivity index (χ1) is 6.47. The van der Waals surface area contributed by atoms with Gasteiger partial charge in [-0.3, -0.25) is 0 Å². The minimum atomic E-state index is -3.15. The summed E-state index contributed by atoms with van der Waals surface area (Å²) in [6.07, 6.45) is 0. The summed E-state index contributed by atoms with van der Waals surface area (Å²) in [6.45, 7) is 10.3. The molecule has 0 saturated carbocycles. The number of hydrogen-bond donors (Lipinski definition) is 1. The van der Waals surface area contributed by atoms with Crippen molar-refractivity contribution in [1.29, 1.82) is 0 Å². The molecule has 92 valence electrons. The van der Waals surface area contributed by atoms with Crippen molar-refractivity contribution in [2.75, 3.05) is 17.6 Å². The van der Waals surface area contributed by atoms with Gasteiger partial charge in [0.15, 0.2) is 0 Å². The van der Waals surface area contributed by atoms with Gasteiger partial charge in [0.2, 0.25) is 10.0 Å². The van der Waals surface area contributed by atoms with Crippen LogP contribution in [0.4, 0.5) is 0 Å². The van der Waals surface area contributed by atoms with Crippen molar-refractivity contribution < 1.29 is 8.42 Å². The van der Waals surface area contributed by atoms with E-state index in [1.54, 1.807) is 0 Å². The summed E-state index contributed by atoms with van der Waals surface area (Å²) >= 11 is 3.37. The molecule has 0 aromatic carbocycles. The van der Waals surface area contributed by atoms with Crippen molar-refractivity contribution in [2.24, 2.45) is 10.8 Å². The van der Waals surface area contributed by atoms with Crippen LogP contribution in [0.2, 0.25) is 0 Å². The Kier molecular flexibility index (Phi) is 5.28. The second-order valence-electron chi connectivity index (χ2n) is 5.94. The topological polar surface area (TPSA) is 46.2 Å². The molecule has 3 nitrogen and oxygen atoms in total. The van der Waals surface area contributed by atoms with Gasteiger partial charge >= 0.3 is 0 Å². The smallest absolute Gasteiger partial charge is 0.212 e. The van der Waals surface area contributed by atoms with E-state index >= 15 is 0 Å². The molecule has 0 radical (unpaired) electrons. The van der Waals surface area contributed by atoms with E-state index in [-0.39, 0.29) is 16.6 Å². The zero-order chi connectivity index (χ0) is 12.3.